The number of rotatable bonds is 8. The molecule has 0 heterocycles. The van der Waals surface area contributed by atoms with E-state index in [1.807, 2.05) is 30.3 Å². The highest BCUT2D eigenvalue weighted by Crippen LogP contribution is 2.21. The number of hydrogen-bond acceptors (Lipinski definition) is 3. The molecule has 120 valence electrons. The molecule has 1 atom stereocenters. The molecule has 0 saturated carbocycles. The average molecular weight is 324 g/mol. The van der Waals surface area contributed by atoms with Gasteiger partial charge in [0.15, 0.2) is 0 Å². The van der Waals surface area contributed by atoms with Gasteiger partial charge in [0.1, 0.15) is 0 Å². The maximum absolute atomic E-state index is 12.0. The van der Waals surface area contributed by atoms with E-state index >= 15 is 0 Å². The number of nitrogens with two attached hydrogens (primary N) is 1. The first-order valence-electron chi connectivity index (χ1n) is 6.52. The van der Waals surface area contributed by atoms with Crippen molar-refractivity contribution in [3.8, 4) is 0 Å². The van der Waals surface area contributed by atoms with Crippen LogP contribution < -0.4 is 10.5 Å². The molecule has 0 aromatic heterocycles. The van der Waals surface area contributed by atoms with E-state index in [4.69, 9.17) is 5.73 Å². The van der Waals surface area contributed by atoms with Gasteiger partial charge in [0.2, 0.25) is 10.0 Å². The predicted octanol–water partition coefficient (Wildman–Crippen LogP) is 1.82. The van der Waals surface area contributed by atoms with Crippen molar-refractivity contribution in [2.75, 3.05) is 12.3 Å². The first kappa shape index (κ1) is 17.9. The number of benzene rings is 1. The van der Waals surface area contributed by atoms with Gasteiger partial charge in [-0.1, -0.05) is 30.3 Å². The quantitative estimate of drug-likeness (QED) is 0.766. The molecule has 0 radical (unpaired) electrons. The molecule has 0 aliphatic carbocycles. The van der Waals surface area contributed by atoms with Crippen molar-refractivity contribution in [3.05, 3.63) is 35.9 Å². The monoisotopic (exact) mass is 324 g/mol. The summed E-state index contributed by atoms with van der Waals surface area (Å²) in [6.45, 7) is 0.0768. The fraction of sp³-hybridized carbons (Fsp3) is 0.538. The third kappa shape index (κ3) is 8.03. The third-order valence-corrected chi connectivity index (χ3v) is 4.35. The van der Waals surface area contributed by atoms with Crippen molar-refractivity contribution in [2.45, 2.75) is 31.5 Å². The van der Waals surface area contributed by atoms with Crippen LogP contribution in [0.5, 0.6) is 0 Å². The highest BCUT2D eigenvalue weighted by Gasteiger charge is 2.27. The second-order valence-electron chi connectivity index (χ2n) is 4.78. The zero-order valence-corrected chi connectivity index (χ0v) is 12.3. The van der Waals surface area contributed by atoms with Crippen LogP contribution in [-0.4, -0.2) is 32.9 Å². The number of halogens is 3. The first-order valence-corrected chi connectivity index (χ1v) is 8.18. The van der Waals surface area contributed by atoms with E-state index in [1.54, 1.807) is 0 Å². The van der Waals surface area contributed by atoms with Crippen molar-refractivity contribution in [2.24, 2.45) is 5.73 Å². The maximum atomic E-state index is 12.0. The molecule has 21 heavy (non-hydrogen) atoms. The summed E-state index contributed by atoms with van der Waals surface area (Å²) < 4.78 is 61.9. The van der Waals surface area contributed by atoms with Crippen molar-refractivity contribution in [3.63, 3.8) is 0 Å². The van der Waals surface area contributed by atoms with Gasteiger partial charge in [-0.15, -0.1) is 0 Å². The van der Waals surface area contributed by atoms with Gasteiger partial charge in [0, 0.05) is 19.0 Å². The Hall–Kier alpha value is -1.12. The molecule has 0 saturated heterocycles. The molecule has 0 spiro atoms. The zero-order chi connectivity index (χ0) is 15.9. The van der Waals surface area contributed by atoms with E-state index in [-0.39, 0.29) is 6.54 Å². The minimum absolute atomic E-state index is 0.0768. The standard InChI is InChI=1S/C13H19F3N2O2S/c14-13(15,16)7-4-8-21(19,20)18-12(10-17)9-11-5-2-1-3-6-11/h1-3,5-6,12,18H,4,7-10,17H2. The summed E-state index contributed by atoms with van der Waals surface area (Å²) in [5, 5.41) is 0. The first-order chi connectivity index (χ1) is 9.72. The van der Waals surface area contributed by atoms with Crippen LogP contribution in [0.2, 0.25) is 0 Å². The summed E-state index contributed by atoms with van der Waals surface area (Å²) >= 11 is 0. The lowest BCUT2D eigenvalue weighted by molar-refractivity contribution is -0.134. The van der Waals surface area contributed by atoms with Crippen molar-refractivity contribution < 1.29 is 21.6 Å². The van der Waals surface area contributed by atoms with E-state index in [2.05, 4.69) is 4.72 Å². The molecule has 1 aromatic carbocycles. The molecule has 8 heteroatoms. The Balaban J connectivity index is 2.51. The zero-order valence-electron chi connectivity index (χ0n) is 11.4. The molecule has 0 fully saturated rings. The molecule has 0 amide bonds. The Bertz CT molecular complexity index is 518. The molecule has 1 aromatic rings. The summed E-state index contributed by atoms with van der Waals surface area (Å²) in [6.07, 6.45) is -5.51. The molecule has 1 unspecified atom stereocenters. The van der Waals surface area contributed by atoms with Crippen molar-refractivity contribution >= 4 is 10.0 Å². The molecule has 0 bridgehead atoms. The van der Waals surface area contributed by atoms with Crippen LogP contribution in [0.15, 0.2) is 30.3 Å². The Morgan fingerprint density at radius 1 is 1.19 bits per heavy atom. The van der Waals surface area contributed by atoms with Crippen molar-refractivity contribution in [1.82, 2.24) is 4.72 Å². The minimum atomic E-state index is -4.34. The largest absolute Gasteiger partial charge is 0.389 e. The lowest BCUT2D eigenvalue weighted by Gasteiger charge is -2.17. The molecule has 0 aliphatic heterocycles. The van der Waals surface area contributed by atoms with E-state index < -0.39 is 40.8 Å². The van der Waals surface area contributed by atoms with E-state index in [0.29, 0.717) is 6.42 Å². The van der Waals surface area contributed by atoms with Gasteiger partial charge < -0.3 is 5.73 Å². The van der Waals surface area contributed by atoms with Gasteiger partial charge in [-0.2, -0.15) is 13.2 Å². The van der Waals surface area contributed by atoms with Crippen LogP contribution in [0, 0.1) is 0 Å². The maximum Gasteiger partial charge on any atom is 0.389 e. The second-order valence-corrected chi connectivity index (χ2v) is 6.65. The lowest BCUT2D eigenvalue weighted by atomic mass is 10.1. The minimum Gasteiger partial charge on any atom is -0.329 e. The van der Waals surface area contributed by atoms with Gasteiger partial charge >= 0.3 is 6.18 Å². The number of nitrogens with one attached hydrogen (secondary N) is 1. The highest BCUT2D eigenvalue weighted by atomic mass is 32.2. The molecule has 0 aliphatic rings. The number of hydrogen-bond donors (Lipinski definition) is 2. The summed E-state index contributed by atoms with van der Waals surface area (Å²) in [4.78, 5) is 0. The summed E-state index contributed by atoms with van der Waals surface area (Å²) in [5.74, 6) is -0.558. The van der Waals surface area contributed by atoms with Gasteiger partial charge in [-0.25, -0.2) is 13.1 Å². The van der Waals surface area contributed by atoms with Crippen LogP contribution in [0.1, 0.15) is 18.4 Å². The Morgan fingerprint density at radius 3 is 2.33 bits per heavy atom. The summed E-state index contributed by atoms with van der Waals surface area (Å²) in [6, 6.07) is 8.62. The molecule has 3 N–H and O–H groups in total. The Labute approximate surface area is 122 Å². The molecular formula is C13H19F3N2O2S. The smallest absolute Gasteiger partial charge is 0.329 e. The summed E-state index contributed by atoms with van der Waals surface area (Å²) in [5.41, 5.74) is 6.43. The van der Waals surface area contributed by atoms with Crippen LogP contribution in [-0.2, 0) is 16.4 Å². The van der Waals surface area contributed by atoms with E-state index in [1.165, 1.54) is 0 Å². The topological polar surface area (TPSA) is 72.2 Å². The second kappa shape index (κ2) is 7.77. The van der Waals surface area contributed by atoms with Crippen LogP contribution >= 0.6 is 0 Å². The van der Waals surface area contributed by atoms with Crippen molar-refractivity contribution in [1.29, 1.82) is 0 Å². The van der Waals surface area contributed by atoms with Crippen LogP contribution in [0.4, 0.5) is 13.2 Å². The predicted molar refractivity (Wildman–Crippen MR) is 75.2 cm³/mol. The fourth-order valence-electron chi connectivity index (χ4n) is 1.85. The average Bonchev–Trinajstić information content (AvgIpc) is 2.37. The van der Waals surface area contributed by atoms with Gasteiger partial charge in [-0.05, 0) is 18.4 Å². The fourth-order valence-corrected chi connectivity index (χ4v) is 3.18. The third-order valence-electron chi connectivity index (χ3n) is 2.83. The Morgan fingerprint density at radius 2 is 1.81 bits per heavy atom. The lowest BCUT2D eigenvalue weighted by Crippen LogP contribution is -2.42. The highest BCUT2D eigenvalue weighted by molar-refractivity contribution is 7.89. The van der Waals surface area contributed by atoms with Gasteiger partial charge in [-0.3, -0.25) is 0 Å². The van der Waals surface area contributed by atoms with E-state index in [9.17, 15) is 21.6 Å². The van der Waals surface area contributed by atoms with Crippen LogP contribution in [0.25, 0.3) is 0 Å². The molecule has 1 rings (SSSR count). The normalized spacial score (nSPS) is 14.1. The van der Waals surface area contributed by atoms with Gasteiger partial charge in [0.05, 0.1) is 5.75 Å². The molecular weight excluding hydrogens is 305 g/mol. The number of sulfonamides is 1. The Kier molecular flexibility index (Phi) is 6.63. The van der Waals surface area contributed by atoms with E-state index in [0.717, 1.165) is 5.56 Å². The molecule has 4 nitrogen and oxygen atoms in total. The van der Waals surface area contributed by atoms with Crippen LogP contribution in [0.3, 0.4) is 0 Å². The summed E-state index contributed by atoms with van der Waals surface area (Å²) in [7, 11) is -3.77. The van der Waals surface area contributed by atoms with Gasteiger partial charge in [0.25, 0.3) is 0 Å². The number of alkyl halides is 3. The SMILES string of the molecule is NCC(Cc1ccccc1)NS(=O)(=O)CCCC(F)(F)F.